The van der Waals surface area contributed by atoms with Crippen molar-refractivity contribution in [2.45, 2.75) is 0 Å². The summed E-state index contributed by atoms with van der Waals surface area (Å²) in [5, 5.41) is 8.56. The molecule has 1 N–H and O–H groups in total. The molecule has 0 aromatic carbocycles. The van der Waals surface area contributed by atoms with Crippen molar-refractivity contribution in [2.24, 2.45) is 0 Å². The first-order valence-corrected chi connectivity index (χ1v) is 4.08. The molecule has 0 saturated carbocycles. The van der Waals surface area contributed by atoms with Crippen molar-refractivity contribution >= 4 is 5.97 Å². The minimum Gasteiger partial charge on any atom is -0.476 e. The number of carboxylic acids is 1. The Balaban J connectivity index is 2.46. The normalized spacial score (nSPS) is 10.4. The number of carboxylic acid groups (broad SMARTS) is 1. The van der Waals surface area contributed by atoms with Crippen LogP contribution in [0.15, 0.2) is 22.9 Å². The summed E-state index contributed by atoms with van der Waals surface area (Å²) in [5.74, 6) is -3.43. The largest absolute Gasteiger partial charge is 0.476 e. The minimum atomic E-state index is -1.31. The van der Waals surface area contributed by atoms with Crippen LogP contribution in [0.5, 0.6) is 0 Å². The molecular weight excluding hydrogens is 222 g/mol. The van der Waals surface area contributed by atoms with Gasteiger partial charge in [0.05, 0.1) is 6.20 Å². The second-order valence-electron chi connectivity index (χ2n) is 2.83. The third-order valence-electron chi connectivity index (χ3n) is 1.73. The topological polar surface area (TPSA) is 76.2 Å². The van der Waals surface area contributed by atoms with E-state index in [-0.39, 0.29) is 17.3 Å². The monoisotopic (exact) mass is 226 g/mol. The third-order valence-corrected chi connectivity index (χ3v) is 1.73. The van der Waals surface area contributed by atoms with Crippen LogP contribution in [0.25, 0.3) is 11.6 Å². The van der Waals surface area contributed by atoms with Crippen molar-refractivity contribution in [3.8, 4) is 11.6 Å². The van der Waals surface area contributed by atoms with Crippen LogP contribution < -0.4 is 0 Å². The lowest BCUT2D eigenvalue weighted by molar-refractivity contribution is 0.0690. The van der Waals surface area contributed by atoms with Crippen molar-refractivity contribution in [1.82, 2.24) is 9.97 Å². The van der Waals surface area contributed by atoms with E-state index in [1.165, 1.54) is 0 Å². The van der Waals surface area contributed by atoms with Gasteiger partial charge in [-0.15, -0.1) is 0 Å². The van der Waals surface area contributed by atoms with Crippen LogP contribution in [-0.4, -0.2) is 21.0 Å². The van der Waals surface area contributed by atoms with Crippen LogP contribution in [0.3, 0.4) is 0 Å². The molecule has 2 heterocycles. The van der Waals surface area contributed by atoms with Gasteiger partial charge in [-0.05, 0) is 0 Å². The Bertz CT molecular complexity index is 553. The Hall–Kier alpha value is -2.31. The molecule has 0 aliphatic carbocycles. The summed E-state index contributed by atoms with van der Waals surface area (Å²) >= 11 is 0. The lowest BCUT2D eigenvalue weighted by Gasteiger charge is -1.95. The molecule has 0 bridgehead atoms. The number of rotatable bonds is 2. The lowest BCUT2D eigenvalue weighted by atomic mass is 10.3. The molecule has 2 aromatic rings. The maximum Gasteiger partial charge on any atom is 0.357 e. The first kappa shape index (κ1) is 10.2. The van der Waals surface area contributed by atoms with E-state index < -0.39 is 17.6 Å². The molecule has 0 unspecified atom stereocenters. The van der Waals surface area contributed by atoms with Gasteiger partial charge in [0.1, 0.15) is 12.1 Å². The molecule has 82 valence electrons. The average molecular weight is 226 g/mol. The van der Waals surface area contributed by atoms with Crippen LogP contribution >= 0.6 is 0 Å². The number of carbonyl (C=O) groups is 1. The van der Waals surface area contributed by atoms with Gasteiger partial charge in [-0.3, -0.25) is 0 Å². The number of halogens is 2. The van der Waals surface area contributed by atoms with Gasteiger partial charge in [0.2, 0.25) is 5.89 Å². The van der Waals surface area contributed by atoms with E-state index in [4.69, 9.17) is 9.52 Å². The minimum absolute atomic E-state index is 0.310. The van der Waals surface area contributed by atoms with Crippen LogP contribution in [0.1, 0.15) is 10.5 Å². The van der Waals surface area contributed by atoms with E-state index in [1.54, 1.807) is 0 Å². The second-order valence-corrected chi connectivity index (χ2v) is 2.83. The van der Waals surface area contributed by atoms with E-state index in [1.807, 2.05) is 0 Å². The zero-order chi connectivity index (χ0) is 11.7. The van der Waals surface area contributed by atoms with Crippen molar-refractivity contribution < 1.29 is 23.1 Å². The van der Waals surface area contributed by atoms with E-state index in [0.29, 0.717) is 6.07 Å². The van der Waals surface area contributed by atoms with Gasteiger partial charge in [-0.1, -0.05) is 0 Å². The number of hydrogen-bond donors (Lipinski definition) is 1. The second kappa shape index (κ2) is 3.69. The molecule has 0 aliphatic rings. The van der Waals surface area contributed by atoms with Gasteiger partial charge in [0.25, 0.3) is 0 Å². The van der Waals surface area contributed by atoms with Gasteiger partial charge >= 0.3 is 5.97 Å². The maximum atomic E-state index is 13.2. The molecule has 5 nitrogen and oxygen atoms in total. The van der Waals surface area contributed by atoms with Gasteiger partial charge in [0, 0.05) is 6.07 Å². The summed E-state index contributed by atoms with van der Waals surface area (Å²) in [4.78, 5) is 17.4. The third kappa shape index (κ3) is 1.74. The molecule has 0 spiro atoms. The fourth-order valence-corrected chi connectivity index (χ4v) is 1.05. The summed E-state index contributed by atoms with van der Waals surface area (Å²) in [7, 11) is 0. The van der Waals surface area contributed by atoms with E-state index >= 15 is 0 Å². The Morgan fingerprint density at radius 2 is 2.19 bits per heavy atom. The zero-order valence-corrected chi connectivity index (χ0v) is 7.65. The Morgan fingerprint density at radius 1 is 1.44 bits per heavy atom. The summed E-state index contributed by atoms with van der Waals surface area (Å²) < 4.78 is 30.5. The summed E-state index contributed by atoms with van der Waals surface area (Å²) in [5.41, 5.74) is -0.713. The van der Waals surface area contributed by atoms with Gasteiger partial charge < -0.3 is 9.52 Å². The molecule has 16 heavy (non-hydrogen) atoms. The highest BCUT2D eigenvalue weighted by Crippen LogP contribution is 2.19. The molecule has 0 atom stereocenters. The highest BCUT2D eigenvalue weighted by atomic mass is 19.1. The number of oxazole rings is 1. The number of aromatic nitrogens is 2. The van der Waals surface area contributed by atoms with Gasteiger partial charge in [-0.25, -0.2) is 23.5 Å². The standard InChI is InChI=1S/C9H4F2N2O3/c10-4-1-5(11)7(12-2-4)8-13-6(3-16-8)9(14)15/h1-3H,(H,14,15). The predicted octanol–water partition coefficient (Wildman–Crippen LogP) is 1.71. The molecule has 2 rings (SSSR count). The Labute approximate surface area is 87.4 Å². The predicted molar refractivity (Wildman–Crippen MR) is 46.6 cm³/mol. The van der Waals surface area contributed by atoms with Crippen molar-refractivity contribution in [3.05, 3.63) is 35.9 Å². The van der Waals surface area contributed by atoms with Crippen LogP contribution in [-0.2, 0) is 0 Å². The summed E-state index contributed by atoms with van der Waals surface area (Å²) in [6, 6.07) is 0.604. The molecule has 7 heteroatoms. The summed E-state index contributed by atoms with van der Waals surface area (Å²) in [6.45, 7) is 0. The number of nitrogens with zero attached hydrogens (tertiary/aromatic N) is 2. The van der Waals surface area contributed by atoms with Gasteiger partial charge in [0.15, 0.2) is 17.2 Å². The van der Waals surface area contributed by atoms with Crippen LogP contribution in [0, 0.1) is 11.6 Å². The van der Waals surface area contributed by atoms with Crippen molar-refractivity contribution in [1.29, 1.82) is 0 Å². The fourth-order valence-electron chi connectivity index (χ4n) is 1.05. The van der Waals surface area contributed by atoms with E-state index in [0.717, 1.165) is 12.5 Å². The molecular formula is C9H4F2N2O3. The van der Waals surface area contributed by atoms with Crippen LogP contribution in [0.4, 0.5) is 8.78 Å². The van der Waals surface area contributed by atoms with Crippen LogP contribution in [0.2, 0.25) is 0 Å². The number of aromatic carboxylic acids is 1. The Kier molecular flexibility index (Phi) is 2.35. The molecule has 0 aliphatic heterocycles. The highest BCUT2D eigenvalue weighted by Gasteiger charge is 2.16. The first-order chi connectivity index (χ1) is 7.58. The molecule has 2 aromatic heterocycles. The fraction of sp³-hybridized carbons (Fsp3) is 0. The SMILES string of the molecule is O=C(O)c1coc(-c2ncc(F)cc2F)n1. The zero-order valence-electron chi connectivity index (χ0n) is 7.65. The van der Waals surface area contributed by atoms with E-state index in [2.05, 4.69) is 9.97 Å². The maximum absolute atomic E-state index is 13.2. The first-order valence-electron chi connectivity index (χ1n) is 4.08. The number of pyridine rings is 1. The van der Waals surface area contributed by atoms with Gasteiger partial charge in [-0.2, -0.15) is 0 Å². The van der Waals surface area contributed by atoms with E-state index in [9.17, 15) is 13.6 Å². The lowest BCUT2D eigenvalue weighted by Crippen LogP contribution is -1.97. The molecule has 0 saturated heterocycles. The number of hydrogen-bond acceptors (Lipinski definition) is 4. The van der Waals surface area contributed by atoms with Crippen molar-refractivity contribution in [3.63, 3.8) is 0 Å². The van der Waals surface area contributed by atoms with Crippen molar-refractivity contribution in [2.75, 3.05) is 0 Å². The average Bonchev–Trinajstić information content (AvgIpc) is 2.66. The Morgan fingerprint density at radius 3 is 2.75 bits per heavy atom. The highest BCUT2D eigenvalue weighted by molar-refractivity contribution is 5.85. The molecule has 0 radical (unpaired) electrons. The smallest absolute Gasteiger partial charge is 0.357 e. The molecule has 0 fully saturated rings. The quantitative estimate of drug-likeness (QED) is 0.843. The molecule has 0 amide bonds. The summed E-state index contributed by atoms with van der Waals surface area (Å²) in [6.07, 6.45) is 1.63.